The largest absolute Gasteiger partial charge is 0.444 e. The van der Waals surface area contributed by atoms with Gasteiger partial charge in [-0.25, -0.2) is 18.4 Å². The van der Waals surface area contributed by atoms with E-state index in [4.69, 9.17) is 9.57 Å². The van der Waals surface area contributed by atoms with E-state index in [9.17, 15) is 28.0 Å². The first-order valence-corrected chi connectivity index (χ1v) is 8.47. The molecule has 1 atom stereocenters. The number of alkyl halides is 2. The van der Waals surface area contributed by atoms with Gasteiger partial charge in [-0.15, -0.1) is 0 Å². The monoisotopic (exact) mass is 396 g/mol. The number of benzene rings is 1. The Hall–Kier alpha value is -3.04. The maximum absolute atomic E-state index is 13.9. The number of hydrogen-bond donors (Lipinski definition) is 0. The molecule has 150 valence electrons. The molecule has 10 heteroatoms. The summed E-state index contributed by atoms with van der Waals surface area (Å²) in [4.78, 5) is 54.6. The Morgan fingerprint density at radius 2 is 1.64 bits per heavy atom. The van der Waals surface area contributed by atoms with Crippen molar-refractivity contribution in [2.24, 2.45) is 0 Å². The van der Waals surface area contributed by atoms with Crippen molar-refractivity contribution in [3.8, 4) is 0 Å². The molecule has 3 amide bonds. The minimum atomic E-state index is -3.34. The molecule has 1 fully saturated rings. The van der Waals surface area contributed by atoms with Gasteiger partial charge in [0.1, 0.15) is 11.6 Å². The van der Waals surface area contributed by atoms with Gasteiger partial charge in [-0.1, -0.05) is 17.2 Å². The fourth-order valence-corrected chi connectivity index (χ4v) is 2.94. The highest BCUT2D eigenvalue weighted by Crippen LogP contribution is 2.34. The van der Waals surface area contributed by atoms with Gasteiger partial charge < -0.3 is 9.57 Å². The molecule has 0 aromatic heterocycles. The third kappa shape index (κ3) is 3.67. The average molecular weight is 396 g/mol. The SMILES string of the molecule is CC(C)(C)OC(=O)N1CC(F)(F)C[C@H]1C(=O)ON1C(=O)c2ccccc2C1=O. The maximum Gasteiger partial charge on any atom is 0.411 e. The van der Waals surface area contributed by atoms with E-state index in [1.165, 1.54) is 24.3 Å². The van der Waals surface area contributed by atoms with E-state index in [-0.39, 0.29) is 16.2 Å². The molecule has 0 aliphatic carbocycles. The van der Waals surface area contributed by atoms with Crippen molar-refractivity contribution >= 4 is 23.9 Å². The van der Waals surface area contributed by atoms with Crippen LogP contribution in [0.1, 0.15) is 47.9 Å². The summed E-state index contributed by atoms with van der Waals surface area (Å²) in [7, 11) is 0. The lowest BCUT2D eigenvalue weighted by molar-refractivity contribution is -0.173. The molecular formula is C18H18F2N2O6. The Labute approximate surface area is 158 Å². The maximum atomic E-state index is 13.9. The lowest BCUT2D eigenvalue weighted by atomic mass is 10.1. The molecular weight excluding hydrogens is 378 g/mol. The number of amides is 3. The number of fused-ring (bicyclic) bond motifs is 1. The molecule has 2 aliphatic heterocycles. The Morgan fingerprint density at radius 1 is 1.11 bits per heavy atom. The van der Waals surface area contributed by atoms with Crippen LogP contribution >= 0.6 is 0 Å². The molecule has 8 nitrogen and oxygen atoms in total. The Bertz CT molecular complexity index is 829. The van der Waals surface area contributed by atoms with E-state index >= 15 is 0 Å². The fraction of sp³-hybridized carbons (Fsp3) is 0.444. The molecule has 2 aliphatic rings. The van der Waals surface area contributed by atoms with Crippen molar-refractivity contribution in [2.75, 3.05) is 6.54 Å². The lowest BCUT2D eigenvalue weighted by Crippen LogP contribution is -2.46. The van der Waals surface area contributed by atoms with Crippen LogP contribution in [-0.4, -0.2) is 58.0 Å². The van der Waals surface area contributed by atoms with E-state index in [0.717, 1.165) is 0 Å². The van der Waals surface area contributed by atoms with Gasteiger partial charge >= 0.3 is 12.1 Å². The van der Waals surface area contributed by atoms with Crippen LogP contribution in [0.2, 0.25) is 0 Å². The number of likely N-dealkylation sites (tertiary alicyclic amines) is 1. The van der Waals surface area contributed by atoms with E-state index in [1.807, 2.05) is 0 Å². The highest BCUT2D eigenvalue weighted by Gasteiger charge is 2.53. The molecule has 1 aromatic rings. The highest BCUT2D eigenvalue weighted by molar-refractivity contribution is 6.20. The number of halogens is 2. The molecule has 0 unspecified atom stereocenters. The normalized spacial score (nSPS) is 21.0. The molecule has 0 N–H and O–H groups in total. The summed E-state index contributed by atoms with van der Waals surface area (Å²) in [6.07, 6.45) is -2.12. The van der Waals surface area contributed by atoms with Gasteiger partial charge in [0, 0.05) is 6.42 Å². The van der Waals surface area contributed by atoms with Crippen LogP contribution in [0.25, 0.3) is 0 Å². The molecule has 3 rings (SSSR count). The van der Waals surface area contributed by atoms with Crippen LogP contribution in [0.15, 0.2) is 24.3 Å². The summed E-state index contributed by atoms with van der Waals surface area (Å²) >= 11 is 0. The van der Waals surface area contributed by atoms with Crippen molar-refractivity contribution in [3.05, 3.63) is 35.4 Å². The van der Waals surface area contributed by atoms with Crippen molar-refractivity contribution in [1.29, 1.82) is 0 Å². The van der Waals surface area contributed by atoms with Crippen molar-refractivity contribution in [3.63, 3.8) is 0 Å². The first kappa shape index (κ1) is 19.7. The predicted octanol–water partition coefficient (Wildman–Crippen LogP) is 2.39. The number of carbonyl (C=O) groups excluding carboxylic acids is 4. The summed E-state index contributed by atoms with van der Waals surface area (Å²) in [6, 6.07) is 4.10. The van der Waals surface area contributed by atoms with Crippen LogP contribution in [0.5, 0.6) is 0 Å². The number of carbonyl (C=O) groups is 4. The third-order valence-corrected chi connectivity index (χ3v) is 4.11. The molecule has 1 aromatic carbocycles. The smallest absolute Gasteiger partial charge is 0.411 e. The number of nitrogens with zero attached hydrogens (tertiary/aromatic N) is 2. The molecule has 1 saturated heterocycles. The predicted molar refractivity (Wildman–Crippen MR) is 89.3 cm³/mol. The number of hydrogen-bond acceptors (Lipinski definition) is 6. The summed E-state index contributed by atoms with van der Waals surface area (Å²) in [6.45, 7) is 3.60. The third-order valence-electron chi connectivity index (χ3n) is 4.11. The van der Waals surface area contributed by atoms with Crippen LogP contribution in [-0.2, 0) is 14.4 Å². The molecule has 0 saturated carbocycles. The lowest BCUT2D eigenvalue weighted by Gasteiger charge is -2.27. The molecule has 0 radical (unpaired) electrons. The second-order valence-corrected chi connectivity index (χ2v) is 7.54. The van der Waals surface area contributed by atoms with Crippen molar-refractivity contribution in [2.45, 2.75) is 44.8 Å². The van der Waals surface area contributed by atoms with Crippen LogP contribution in [0, 0.1) is 0 Å². The van der Waals surface area contributed by atoms with E-state index in [0.29, 0.717) is 4.90 Å². The quantitative estimate of drug-likeness (QED) is 0.713. The summed E-state index contributed by atoms with van der Waals surface area (Å²) in [5, 5.41) is 0.219. The van der Waals surface area contributed by atoms with Gasteiger partial charge in [-0.2, -0.15) is 0 Å². The average Bonchev–Trinajstić information content (AvgIpc) is 3.03. The number of ether oxygens (including phenoxy) is 1. The Balaban J connectivity index is 1.78. The zero-order valence-corrected chi connectivity index (χ0v) is 15.4. The summed E-state index contributed by atoms with van der Waals surface area (Å²) < 4.78 is 32.8. The molecule has 0 bridgehead atoms. The first-order chi connectivity index (χ1) is 12.9. The summed E-state index contributed by atoms with van der Waals surface area (Å²) in [5.41, 5.74) is -0.909. The van der Waals surface area contributed by atoms with Crippen molar-refractivity contribution in [1.82, 2.24) is 9.96 Å². The fourth-order valence-electron chi connectivity index (χ4n) is 2.94. The number of rotatable bonds is 2. The minimum absolute atomic E-state index is 0.0288. The van der Waals surface area contributed by atoms with Crippen LogP contribution < -0.4 is 0 Å². The van der Waals surface area contributed by atoms with E-state index in [2.05, 4.69) is 0 Å². The van der Waals surface area contributed by atoms with Gasteiger partial charge in [-0.3, -0.25) is 14.5 Å². The van der Waals surface area contributed by atoms with Crippen molar-refractivity contribution < 1.29 is 37.5 Å². The van der Waals surface area contributed by atoms with Gasteiger partial charge in [0.05, 0.1) is 17.7 Å². The summed E-state index contributed by atoms with van der Waals surface area (Å²) in [5.74, 6) is -6.44. The molecule has 28 heavy (non-hydrogen) atoms. The topological polar surface area (TPSA) is 93.2 Å². The minimum Gasteiger partial charge on any atom is -0.444 e. The number of hydroxylamine groups is 2. The van der Waals surface area contributed by atoms with E-state index in [1.54, 1.807) is 20.8 Å². The zero-order valence-electron chi connectivity index (χ0n) is 15.4. The molecule has 2 heterocycles. The highest BCUT2D eigenvalue weighted by atomic mass is 19.3. The first-order valence-electron chi connectivity index (χ1n) is 8.47. The second-order valence-electron chi connectivity index (χ2n) is 7.54. The van der Waals surface area contributed by atoms with Gasteiger partial charge in [0.2, 0.25) is 0 Å². The van der Waals surface area contributed by atoms with Gasteiger partial charge in [-0.05, 0) is 32.9 Å². The number of imide groups is 1. The second kappa shape index (κ2) is 6.54. The van der Waals surface area contributed by atoms with Gasteiger partial charge in [0.25, 0.3) is 17.7 Å². The van der Waals surface area contributed by atoms with Crippen LogP contribution in [0.4, 0.5) is 13.6 Å². The standard InChI is InChI=1S/C18H18F2N2O6/c1-17(2,3)27-16(26)21-9-18(19,20)8-12(21)15(25)28-22-13(23)10-6-4-5-7-11(10)14(22)24/h4-7,12H,8-9H2,1-3H3/t12-/m0/s1. The van der Waals surface area contributed by atoms with E-state index < -0.39 is 54.4 Å². The Morgan fingerprint density at radius 3 is 2.14 bits per heavy atom. The molecule has 0 spiro atoms. The Kier molecular flexibility index (Phi) is 4.60. The zero-order chi connectivity index (χ0) is 20.9. The van der Waals surface area contributed by atoms with Gasteiger partial charge in [0.15, 0.2) is 0 Å². The van der Waals surface area contributed by atoms with Crippen LogP contribution in [0.3, 0.4) is 0 Å².